The van der Waals surface area contributed by atoms with Gasteiger partial charge in [0.25, 0.3) is 0 Å². The summed E-state index contributed by atoms with van der Waals surface area (Å²) in [7, 11) is 0. The van der Waals surface area contributed by atoms with E-state index in [9.17, 15) is 0 Å². The lowest BCUT2D eigenvalue weighted by molar-refractivity contribution is 0.174. The minimum absolute atomic E-state index is 0.259. The van der Waals surface area contributed by atoms with Gasteiger partial charge in [0, 0.05) is 23.0 Å². The summed E-state index contributed by atoms with van der Waals surface area (Å²) in [5.74, 6) is 1.51. The largest absolute Gasteiger partial charge is 0.454 e. The molecule has 4 aromatic rings. The highest BCUT2D eigenvalue weighted by molar-refractivity contribution is 5.69. The molecule has 2 N–H and O–H groups in total. The third kappa shape index (κ3) is 2.27. The topological polar surface area (TPSA) is 74.7 Å². The Morgan fingerprint density at radius 3 is 2.76 bits per heavy atom. The number of benzene rings is 2. The molecule has 0 bridgehead atoms. The van der Waals surface area contributed by atoms with E-state index in [2.05, 4.69) is 9.97 Å². The van der Waals surface area contributed by atoms with E-state index in [0.29, 0.717) is 5.69 Å². The summed E-state index contributed by atoms with van der Waals surface area (Å²) in [6.45, 7) is 0.259. The molecule has 6 nitrogen and oxygen atoms in total. The fourth-order valence-electron chi connectivity index (χ4n) is 3.01. The Kier molecular flexibility index (Phi) is 2.90. The molecule has 122 valence electrons. The molecular formula is C19H14N4O2. The average Bonchev–Trinajstić information content (AvgIpc) is 3.27. The number of nitrogens with two attached hydrogens (primary N) is 1. The molecule has 0 atom stereocenters. The van der Waals surface area contributed by atoms with Gasteiger partial charge in [0.15, 0.2) is 17.1 Å². The number of aromatic nitrogens is 3. The maximum absolute atomic E-state index is 5.89. The number of rotatable bonds is 2. The first-order valence-electron chi connectivity index (χ1n) is 7.87. The molecule has 0 saturated heterocycles. The molecule has 1 aliphatic rings. The van der Waals surface area contributed by atoms with Crippen molar-refractivity contribution in [1.29, 1.82) is 0 Å². The summed E-state index contributed by atoms with van der Waals surface area (Å²) >= 11 is 0. The summed E-state index contributed by atoms with van der Waals surface area (Å²) in [6.07, 6.45) is 5.56. The third-order valence-corrected chi connectivity index (χ3v) is 4.25. The number of nitrogens with zero attached hydrogens (tertiary/aromatic N) is 3. The first-order chi connectivity index (χ1) is 12.3. The van der Waals surface area contributed by atoms with Crippen LogP contribution in [-0.2, 0) is 0 Å². The van der Waals surface area contributed by atoms with E-state index < -0.39 is 0 Å². The van der Waals surface area contributed by atoms with Gasteiger partial charge in [0.05, 0.1) is 23.8 Å². The van der Waals surface area contributed by atoms with Gasteiger partial charge in [-0.1, -0.05) is 12.1 Å². The molecule has 0 fully saturated rings. The Labute approximate surface area is 143 Å². The van der Waals surface area contributed by atoms with E-state index in [0.717, 1.165) is 39.7 Å². The number of nitrogen functional groups attached to an aromatic ring is 1. The van der Waals surface area contributed by atoms with Gasteiger partial charge in [-0.25, -0.2) is 4.98 Å². The zero-order valence-electron chi connectivity index (χ0n) is 13.2. The zero-order valence-corrected chi connectivity index (χ0v) is 13.2. The van der Waals surface area contributed by atoms with E-state index >= 15 is 0 Å². The van der Waals surface area contributed by atoms with Gasteiger partial charge in [0.2, 0.25) is 6.79 Å². The molecule has 0 unspecified atom stereocenters. The molecule has 1 aliphatic heterocycles. The lowest BCUT2D eigenvalue weighted by Gasteiger charge is -2.06. The predicted octanol–water partition coefficient (Wildman–Crippen LogP) is 3.37. The molecule has 0 saturated carbocycles. The molecule has 0 radical (unpaired) electrons. The number of ether oxygens (including phenoxy) is 2. The highest BCUT2D eigenvalue weighted by atomic mass is 16.7. The van der Waals surface area contributed by atoms with Gasteiger partial charge in [-0.15, -0.1) is 0 Å². The molecule has 0 spiro atoms. The standard InChI is InChI=1S/C19H14N4O2/c20-14-3-1-2-12(6-14)15-10-23-16(8-22-19(23)9-21-15)13-4-5-17-18(7-13)25-11-24-17/h1-10H,11,20H2. The van der Waals surface area contributed by atoms with Gasteiger partial charge in [-0.05, 0) is 30.3 Å². The van der Waals surface area contributed by atoms with Crippen LogP contribution in [0.2, 0.25) is 0 Å². The minimum atomic E-state index is 0.259. The molecule has 0 amide bonds. The second-order valence-corrected chi connectivity index (χ2v) is 5.84. The number of anilines is 1. The number of imidazole rings is 1. The quantitative estimate of drug-likeness (QED) is 0.570. The van der Waals surface area contributed by atoms with Crippen molar-refractivity contribution in [3.8, 4) is 34.0 Å². The average molecular weight is 330 g/mol. The molecule has 0 aliphatic carbocycles. The van der Waals surface area contributed by atoms with E-state index in [1.807, 2.05) is 59.3 Å². The van der Waals surface area contributed by atoms with Crippen LogP contribution in [0, 0.1) is 0 Å². The second-order valence-electron chi connectivity index (χ2n) is 5.84. The highest BCUT2D eigenvalue weighted by Gasteiger charge is 2.16. The second kappa shape index (κ2) is 5.24. The number of hydrogen-bond donors (Lipinski definition) is 1. The Morgan fingerprint density at radius 2 is 1.84 bits per heavy atom. The molecule has 2 aromatic carbocycles. The van der Waals surface area contributed by atoms with Gasteiger partial charge in [-0.2, -0.15) is 0 Å². The Bertz CT molecular complexity index is 1100. The van der Waals surface area contributed by atoms with Crippen LogP contribution in [0.1, 0.15) is 0 Å². The molecule has 25 heavy (non-hydrogen) atoms. The summed E-state index contributed by atoms with van der Waals surface area (Å²) in [6, 6.07) is 13.6. The number of fused-ring (bicyclic) bond motifs is 2. The molecular weight excluding hydrogens is 316 g/mol. The molecule has 3 heterocycles. The van der Waals surface area contributed by atoms with Crippen LogP contribution in [0.25, 0.3) is 28.2 Å². The monoisotopic (exact) mass is 330 g/mol. The summed E-state index contributed by atoms with van der Waals surface area (Å²) < 4.78 is 12.9. The first kappa shape index (κ1) is 13.9. The maximum Gasteiger partial charge on any atom is 0.231 e. The summed E-state index contributed by atoms with van der Waals surface area (Å²) in [5.41, 5.74) is 11.1. The van der Waals surface area contributed by atoms with E-state index in [4.69, 9.17) is 15.2 Å². The van der Waals surface area contributed by atoms with Crippen LogP contribution in [0.4, 0.5) is 5.69 Å². The lowest BCUT2D eigenvalue weighted by Crippen LogP contribution is -1.94. The molecule has 6 heteroatoms. The van der Waals surface area contributed by atoms with Gasteiger partial charge in [-0.3, -0.25) is 9.38 Å². The lowest BCUT2D eigenvalue weighted by atomic mass is 10.1. The van der Waals surface area contributed by atoms with Crippen molar-refractivity contribution in [1.82, 2.24) is 14.4 Å². The Balaban J connectivity index is 1.66. The van der Waals surface area contributed by atoms with Crippen LogP contribution < -0.4 is 15.2 Å². The predicted molar refractivity (Wildman–Crippen MR) is 94.4 cm³/mol. The van der Waals surface area contributed by atoms with Crippen molar-refractivity contribution in [2.45, 2.75) is 0 Å². The molecule has 5 rings (SSSR count). The zero-order chi connectivity index (χ0) is 16.8. The van der Waals surface area contributed by atoms with Crippen molar-refractivity contribution in [2.75, 3.05) is 12.5 Å². The normalized spacial score (nSPS) is 12.6. The minimum Gasteiger partial charge on any atom is -0.454 e. The van der Waals surface area contributed by atoms with Crippen molar-refractivity contribution in [2.24, 2.45) is 0 Å². The van der Waals surface area contributed by atoms with Crippen LogP contribution in [0.3, 0.4) is 0 Å². The summed E-state index contributed by atoms with van der Waals surface area (Å²) in [4.78, 5) is 8.94. The van der Waals surface area contributed by atoms with Crippen molar-refractivity contribution < 1.29 is 9.47 Å². The van der Waals surface area contributed by atoms with E-state index in [-0.39, 0.29) is 6.79 Å². The van der Waals surface area contributed by atoms with Gasteiger partial charge >= 0.3 is 0 Å². The molecule has 2 aromatic heterocycles. The smallest absolute Gasteiger partial charge is 0.231 e. The van der Waals surface area contributed by atoms with Crippen LogP contribution in [-0.4, -0.2) is 21.2 Å². The van der Waals surface area contributed by atoms with Crippen LogP contribution in [0.5, 0.6) is 11.5 Å². The van der Waals surface area contributed by atoms with Crippen LogP contribution >= 0.6 is 0 Å². The first-order valence-corrected chi connectivity index (χ1v) is 7.87. The third-order valence-electron chi connectivity index (χ3n) is 4.25. The van der Waals surface area contributed by atoms with Gasteiger partial charge < -0.3 is 15.2 Å². The van der Waals surface area contributed by atoms with E-state index in [1.165, 1.54) is 0 Å². The number of hydrogen-bond acceptors (Lipinski definition) is 5. The van der Waals surface area contributed by atoms with E-state index in [1.54, 1.807) is 6.20 Å². The van der Waals surface area contributed by atoms with Crippen molar-refractivity contribution in [3.05, 3.63) is 61.1 Å². The maximum atomic E-state index is 5.89. The van der Waals surface area contributed by atoms with Crippen molar-refractivity contribution in [3.63, 3.8) is 0 Å². The Hall–Kier alpha value is -3.54. The van der Waals surface area contributed by atoms with Crippen LogP contribution in [0.15, 0.2) is 61.1 Å². The van der Waals surface area contributed by atoms with Crippen molar-refractivity contribution >= 4 is 11.3 Å². The van der Waals surface area contributed by atoms with Gasteiger partial charge in [0.1, 0.15) is 0 Å². The fraction of sp³-hybridized carbons (Fsp3) is 0.0526. The fourth-order valence-corrected chi connectivity index (χ4v) is 3.01. The Morgan fingerprint density at radius 1 is 0.920 bits per heavy atom. The SMILES string of the molecule is Nc1cccc(-c2cn3c(-c4ccc5c(c4)OCO5)cnc3cn2)c1. The summed E-state index contributed by atoms with van der Waals surface area (Å²) in [5, 5.41) is 0. The highest BCUT2D eigenvalue weighted by Crippen LogP contribution is 2.36.